The Hall–Kier alpha value is -7.21. The molecule has 6 aromatic carbocycles. The number of hydrogen-bond donors (Lipinski definition) is 2. The Balaban J connectivity index is 1.02. The number of allylic oxidation sites excluding steroid dienone is 6. The van der Waals surface area contributed by atoms with Gasteiger partial charge in [-0.05, 0) is 107 Å². The number of nitrogens with one attached hydrogen (secondary N) is 2. The van der Waals surface area contributed by atoms with Gasteiger partial charge >= 0.3 is 0 Å². The Morgan fingerprint density at radius 3 is 2.24 bits per heavy atom. The van der Waals surface area contributed by atoms with Crippen molar-refractivity contribution in [1.82, 2.24) is 15.2 Å². The van der Waals surface area contributed by atoms with Crippen molar-refractivity contribution in [3.8, 4) is 27.9 Å². The summed E-state index contributed by atoms with van der Waals surface area (Å²) in [6, 6.07) is 53.5. The predicted molar refractivity (Wildman–Crippen MR) is 264 cm³/mol. The number of para-hydroxylation sites is 2. The average Bonchev–Trinajstić information content (AvgIpc) is 3.63. The zero-order valence-electron chi connectivity index (χ0n) is 35.7. The summed E-state index contributed by atoms with van der Waals surface area (Å²) in [5.74, 6) is 1.15. The number of hydrogen-bond acceptors (Lipinski definition) is 3. The largest absolute Gasteiger partial charge is 0.373 e. The second-order valence-electron chi connectivity index (χ2n) is 16.9. The molecule has 5 heteroatoms. The molecule has 2 atom stereocenters. The molecule has 0 saturated heterocycles. The molecule has 1 aliphatic heterocycles. The van der Waals surface area contributed by atoms with Crippen LogP contribution in [0.5, 0.6) is 0 Å². The number of aryl methyl sites for hydroxylation is 1. The molecule has 7 aromatic rings. The lowest BCUT2D eigenvalue weighted by Crippen LogP contribution is -2.33. The fourth-order valence-electron chi connectivity index (χ4n) is 10.1. The van der Waals surface area contributed by atoms with Crippen molar-refractivity contribution < 1.29 is 0 Å². The lowest BCUT2D eigenvalue weighted by molar-refractivity contribution is 0.590. The van der Waals surface area contributed by atoms with Crippen LogP contribution >= 0.6 is 0 Å². The molecule has 5 nitrogen and oxygen atoms in total. The summed E-state index contributed by atoms with van der Waals surface area (Å²) in [4.78, 5) is 7.90. The van der Waals surface area contributed by atoms with E-state index in [0.29, 0.717) is 0 Å². The van der Waals surface area contributed by atoms with Gasteiger partial charge in [0.15, 0.2) is 0 Å². The molecule has 3 aliphatic carbocycles. The quantitative estimate of drug-likeness (QED) is 0.113. The first-order valence-electron chi connectivity index (χ1n) is 22.5. The minimum atomic E-state index is -0.196. The van der Waals surface area contributed by atoms with Gasteiger partial charge in [0.05, 0.1) is 16.9 Å². The van der Waals surface area contributed by atoms with E-state index in [1.165, 1.54) is 83.7 Å². The molecule has 63 heavy (non-hydrogen) atoms. The third kappa shape index (κ3) is 7.18. The van der Waals surface area contributed by atoms with Gasteiger partial charge in [-0.15, -0.1) is 0 Å². The summed E-state index contributed by atoms with van der Waals surface area (Å²) >= 11 is 0. The maximum atomic E-state index is 5.34. The number of amidine groups is 1. The Kier molecular flexibility index (Phi) is 10.4. The number of rotatable bonds is 9. The molecule has 0 fully saturated rings. The highest BCUT2D eigenvalue weighted by Gasteiger charge is 2.32. The second kappa shape index (κ2) is 16.9. The summed E-state index contributed by atoms with van der Waals surface area (Å²) in [7, 11) is 1.98. The van der Waals surface area contributed by atoms with Gasteiger partial charge in [-0.2, -0.15) is 0 Å². The van der Waals surface area contributed by atoms with Crippen molar-refractivity contribution in [2.24, 2.45) is 4.99 Å². The van der Waals surface area contributed by atoms with E-state index in [2.05, 4.69) is 214 Å². The maximum absolute atomic E-state index is 5.34. The Labute approximate surface area is 370 Å². The fraction of sp³-hybridized carbons (Fsp3) is 0.155. The second-order valence-corrected chi connectivity index (χ2v) is 16.9. The van der Waals surface area contributed by atoms with E-state index < -0.39 is 0 Å². The van der Waals surface area contributed by atoms with Crippen LogP contribution in [0.1, 0.15) is 54.0 Å². The minimum Gasteiger partial charge on any atom is -0.373 e. The Morgan fingerprint density at radius 1 is 0.714 bits per heavy atom. The van der Waals surface area contributed by atoms with Crippen LogP contribution in [0, 0.1) is 0 Å². The first-order chi connectivity index (χ1) is 31.2. The zero-order valence-corrected chi connectivity index (χ0v) is 35.7. The van der Waals surface area contributed by atoms with Crippen molar-refractivity contribution in [1.29, 1.82) is 0 Å². The molecule has 11 rings (SSSR count). The van der Waals surface area contributed by atoms with Crippen LogP contribution in [0.2, 0.25) is 0 Å². The van der Waals surface area contributed by atoms with Gasteiger partial charge in [-0.25, -0.2) is 4.99 Å². The highest BCUT2D eigenvalue weighted by Crippen LogP contribution is 2.54. The van der Waals surface area contributed by atoms with Crippen LogP contribution in [-0.2, 0) is 13.0 Å². The van der Waals surface area contributed by atoms with Crippen LogP contribution in [0.25, 0.3) is 44.9 Å². The molecular weight excluding hydrogens is 767 g/mol. The monoisotopic (exact) mass is 817 g/mol. The highest BCUT2D eigenvalue weighted by atomic mass is 15.2. The number of benzene rings is 6. The third-order valence-corrected chi connectivity index (χ3v) is 13.1. The number of aliphatic imine (C=N–C) groups is 1. The Bertz CT molecular complexity index is 3030. The first-order valence-corrected chi connectivity index (χ1v) is 22.5. The molecular formula is C58H51N5. The molecule has 0 amide bonds. The number of aromatic nitrogens is 1. The average molecular weight is 818 g/mol. The van der Waals surface area contributed by atoms with Gasteiger partial charge in [0.25, 0.3) is 0 Å². The molecule has 2 heterocycles. The first kappa shape index (κ1) is 38.7. The van der Waals surface area contributed by atoms with Crippen molar-refractivity contribution in [3.63, 3.8) is 0 Å². The number of anilines is 3. The molecule has 0 saturated carbocycles. The summed E-state index contributed by atoms with van der Waals surface area (Å²) in [5.41, 5.74) is 18.6. The van der Waals surface area contributed by atoms with Crippen LogP contribution in [0.3, 0.4) is 0 Å². The molecule has 1 aromatic heterocycles. The van der Waals surface area contributed by atoms with Crippen molar-refractivity contribution >= 4 is 39.9 Å². The van der Waals surface area contributed by atoms with Crippen LogP contribution in [-0.4, -0.2) is 23.6 Å². The van der Waals surface area contributed by atoms with E-state index in [-0.39, 0.29) is 12.1 Å². The van der Waals surface area contributed by atoms with Gasteiger partial charge in [0.1, 0.15) is 12.0 Å². The van der Waals surface area contributed by atoms with Crippen LogP contribution in [0.15, 0.2) is 204 Å². The van der Waals surface area contributed by atoms with E-state index in [0.717, 1.165) is 50.2 Å². The van der Waals surface area contributed by atoms with Gasteiger partial charge in [0, 0.05) is 53.1 Å². The molecule has 0 radical (unpaired) electrons. The molecule has 2 N–H and O–H groups in total. The normalized spacial score (nSPS) is 16.9. The third-order valence-electron chi connectivity index (χ3n) is 13.1. The van der Waals surface area contributed by atoms with Crippen LogP contribution in [0.4, 0.5) is 17.1 Å². The van der Waals surface area contributed by atoms with Crippen LogP contribution < -0.4 is 15.5 Å². The highest BCUT2D eigenvalue weighted by molar-refractivity contribution is 6.13. The summed E-state index contributed by atoms with van der Waals surface area (Å²) in [5, 5.41) is 8.53. The van der Waals surface area contributed by atoms with E-state index in [4.69, 9.17) is 4.99 Å². The molecule has 0 bridgehead atoms. The molecule has 2 unspecified atom stereocenters. The zero-order chi connectivity index (χ0) is 42.1. The smallest absolute Gasteiger partial charge is 0.127 e. The standard InChI is InChI=1S/C58H51N5/c1-59-57(42-20-7-3-8-21-42)61-58(60-39-40-18-5-2-6-19-40)43-34-32-41(33-35-43)44-22-17-25-46(38-44)63-53-30-15-13-28-49(53)47-26-11-12-27-48(47)51-36-37-52-50-29-14-16-31-54(50)62(56(52)55(51)63)45-23-9-4-10-24-45/h2-7,9-13,15-20,22-28,30-32,34-38,41,58,60H,8,14,21,29,33,39H2,1H3,(H,59,61). The van der Waals surface area contributed by atoms with Crippen molar-refractivity contribution in [3.05, 3.63) is 222 Å². The fourth-order valence-corrected chi connectivity index (χ4v) is 10.1. The molecule has 0 spiro atoms. The summed E-state index contributed by atoms with van der Waals surface area (Å²) in [6.07, 6.45) is 23.1. The van der Waals surface area contributed by atoms with E-state index in [1.54, 1.807) is 0 Å². The number of nitrogens with zero attached hydrogens (tertiary/aromatic N) is 3. The van der Waals surface area contributed by atoms with E-state index in [9.17, 15) is 0 Å². The molecule has 4 aliphatic rings. The Morgan fingerprint density at radius 2 is 1.46 bits per heavy atom. The summed E-state index contributed by atoms with van der Waals surface area (Å²) in [6.45, 7) is 0.727. The van der Waals surface area contributed by atoms with E-state index in [1.807, 2.05) is 7.05 Å². The van der Waals surface area contributed by atoms with Crippen molar-refractivity contribution in [2.75, 3.05) is 11.9 Å². The number of fused-ring (bicyclic) bond motifs is 9. The maximum Gasteiger partial charge on any atom is 0.127 e. The van der Waals surface area contributed by atoms with Gasteiger partial charge in [0.2, 0.25) is 0 Å². The number of likely N-dealkylation sites (N-methyl/N-ethyl adjacent to an activating group) is 1. The van der Waals surface area contributed by atoms with Gasteiger partial charge in [-0.3, -0.25) is 5.32 Å². The lowest BCUT2D eigenvalue weighted by atomic mass is 9.89. The molecule has 308 valence electrons. The summed E-state index contributed by atoms with van der Waals surface area (Å²) < 4.78 is 2.52. The minimum absolute atomic E-state index is 0.196. The van der Waals surface area contributed by atoms with Gasteiger partial charge in [-0.1, -0.05) is 158 Å². The van der Waals surface area contributed by atoms with E-state index >= 15 is 0 Å². The van der Waals surface area contributed by atoms with Crippen molar-refractivity contribution in [2.45, 2.75) is 50.7 Å². The van der Waals surface area contributed by atoms with Gasteiger partial charge < -0.3 is 14.8 Å². The predicted octanol–water partition coefficient (Wildman–Crippen LogP) is 13.7. The SMILES string of the molecule is CN/C(=N\C(NCc1ccccc1)C1=CCC(c2cccc(N3c4ccccc4-c4ccccc4-c4ccc5c6c(n(-c7ccccc7)c5c43)C=CCC6)c2)C=C1)C1=CC=CCC1. The lowest BCUT2D eigenvalue weighted by Gasteiger charge is -2.30. The topological polar surface area (TPSA) is 44.6 Å².